The first kappa shape index (κ1) is 19.4. The predicted molar refractivity (Wildman–Crippen MR) is 107 cm³/mol. The number of sulfonamides is 1. The second-order valence-corrected chi connectivity index (χ2v) is 8.60. The Balaban J connectivity index is 1.53. The molecule has 2 N–H and O–H groups in total. The molecule has 1 fully saturated rings. The number of imidazole rings is 1. The fourth-order valence-corrected chi connectivity index (χ4v) is 4.66. The minimum atomic E-state index is -3.06. The van der Waals surface area contributed by atoms with Crippen LogP contribution in [-0.4, -0.2) is 73.0 Å². The van der Waals surface area contributed by atoms with E-state index in [1.54, 1.807) is 7.05 Å². The molecule has 0 aliphatic carbocycles. The Labute approximate surface area is 160 Å². The van der Waals surface area contributed by atoms with Gasteiger partial charge in [0, 0.05) is 33.7 Å². The average molecular weight is 391 g/mol. The topological polar surface area (TPSA) is 93.7 Å². The summed E-state index contributed by atoms with van der Waals surface area (Å²) in [6, 6.07) is 10.0. The highest BCUT2D eigenvalue weighted by molar-refractivity contribution is 7.89. The fraction of sp³-hybridized carbons (Fsp3) is 0.444. The third-order valence-corrected chi connectivity index (χ3v) is 6.48. The van der Waals surface area contributed by atoms with Crippen molar-refractivity contribution in [3.05, 3.63) is 42.4 Å². The third-order valence-electron chi connectivity index (χ3n) is 4.52. The smallest absolute Gasteiger partial charge is 0.214 e. The molecule has 0 amide bonds. The zero-order valence-electron chi connectivity index (χ0n) is 15.7. The molecule has 27 heavy (non-hydrogen) atoms. The molecule has 146 valence electrons. The number of nitrogens with one attached hydrogen (secondary N) is 2. The molecule has 1 aliphatic heterocycles. The van der Waals surface area contributed by atoms with Gasteiger partial charge < -0.3 is 15.2 Å². The Morgan fingerprint density at radius 3 is 2.81 bits per heavy atom. The number of guanidine groups is 1. The minimum Gasteiger partial charge on any atom is -0.355 e. The summed E-state index contributed by atoms with van der Waals surface area (Å²) in [5, 5.41) is 3.22. The summed E-state index contributed by atoms with van der Waals surface area (Å²) in [4.78, 5) is 14.0. The molecule has 3 rings (SSSR count). The van der Waals surface area contributed by atoms with E-state index in [9.17, 15) is 8.42 Å². The van der Waals surface area contributed by atoms with Crippen LogP contribution in [0.4, 0.5) is 0 Å². The van der Waals surface area contributed by atoms with Crippen LogP contribution < -0.4 is 5.32 Å². The SMILES string of the molecule is CN=C(NCCN1CCCS1(=O)=O)N(C)Cc1ncc(-c2ccccc2)[nH]1. The zero-order valence-corrected chi connectivity index (χ0v) is 16.5. The highest BCUT2D eigenvalue weighted by atomic mass is 32.2. The van der Waals surface area contributed by atoms with E-state index in [-0.39, 0.29) is 5.75 Å². The lowest BCUT2D eigenvalue weighted by molar-refractivity contribution is 0.429. The van der Waals surface area contributed by atoms with E-state index in [2.05, 4.69) is 20.3 Å². The molecule has 0 bridgehead atoms. The van der Waals surface area contributed by atoms with E-state index >= 15 is 0 Å². The lowest BCUT2D eigenvalue weighted by Crippen LogP contribution is -2.42. The van der Waals surface area contributed by atoms with Gasteiger partial charge in [0.15, 0.2) is 5.96 Å². The molecular weight excluding hydrogens is 364 g/mol. The molecule has 2 heterocycles. The second-order valence-electron chi connectivity index (χ2n) is 6.51. The van der Waals surface area contributed by atoms with E-state index < -0.39 is 10.0 Å². The van der Waals surface area contributed by atoms with Crippen LogP contribution in [0.25, 0.3) is 11.3 Å². The number of H-pyrrole nitrogens is 1. The van der Waals surface area contributed by atoms with Crippen molar-refractivity contribution in [3.8, 4) is 11.3 Å². The molecule has 0 radical (unpaired) electrons. The summed E-state index contributed by atoms with van der Waals surface area (Å²) in [5.74, 6) is 1.79. The molecular formula is C18H26N6O2S. The Bertz CT molecular complexity index is 878. The molecule has 1 saturated heterocycles. The third kappa shape index (κ3) is 4.86. The van der Waals surface area contributed by atoms with Crippen molar-refractivity contribution in [2.75, 3.05) is 39.5 Å². The number of aromatic nitrogens is 2. The quantitative estimate of drug-likeness (QED) is 0.569. The average Bonchev–Trinajstić information content (AvgIpc) is 3.25. The molecule has 0 atom stereocenters. The van der Waals surface area contributed by atoms with Crippen LogP contribution in [0, 0.1) is 0 Å². The fourth-order valence-electron chi connectivity index (χ4n) is 3.13. The monoisotopic (exact) mass is 390 g/mol. The lowest BCUT2D eigenvalue weighted by atomic mass is 10.2. The summed E-state index contributed by atoms with van der Waals surface area (Å²) in [5.41, 5.74) is 2.06. The van der Waals surface area contributed by atoms with Gasteiger partial charge in [-0.25, -0.2) is 17.7 Å². The summed E-state index contributed by atoms with van der Waals surface area (Å²) >= 11 is 0. The van der Waals surface area contributed by atoms with Crippen molar-refractivity contribution in [2.24, 2.45) is 4.99 Å². The number of hydrogen-bond donors (Lipinski definition) is 2. The highest BCUT2D eigenvalue weighted by Crippen LogP contribution is 2.16. The van der Waals surface area contributed by atoms with E-state index in [0.717, 1.165) is 17.1 Å². The van der Waals surface area contributed by atoms with Gasteiger partial charge in [-0.3, -0.25) is 4.99 Å². The molecule has 8 nitrogen and oxygen atoms in total. The maximum atomic E-state index is 11.8. The van der Waals surface area contributed by atoms with E-state index in [1.165, 1.54) is 4.31 Å². The van der Waals surface area contributed by atoms with Crippen LogP contribution in [0.5, 0.6) is 0 Å². The lowest BCUT2D eigenvalue weighted by Gasteiger charge is -2.22. The Morgan fingerprint density at radius 1 is 1.37 bits per heavy atom. The predicted octanol–water partition coefficient (Wildman–Crippen LogP) is 1.12. The van der Waals surface area contributed by atoms with E-state index in [0.29, 0.717) is 38.6 Å². The van der Waals surface area contributed by atoms with Crippen molar-refractivity contribution in [1.29, 1.82) is 0 Å². The maximum Gasteiger partial charge on any atom is 0.214 e. The number of hydrogen-bond acceptors (Lipinski definition) is 4. The van der Waals surface area contributed by atoms with Gasteiger partial charge in [-0.15, -0.1) is 0 Å². The van der Waals surface area contributed by atoms with Gasteiger partial charge in [-0.05, 0) is 12.0 Å². The molecule has 1 aromatic carbocycles. The van der Waals surface area contributed by atoms with Crippen LogP contribution in [0.2, 0.25) is 0 Å². The van der Waals surface area contributed by atoms with Crippen molar-refractivity contribution in [1.82, 2.24) is 24.5 Å². The number of benzene rings is 1. The van der Waals surface area contributed by atoms with Gasteiger partial charge in [0.25, 0.3) is 0 Å². The van der Waals surface area contributed by atoms with Gasteiger partial charge in [0.1, 0.15) is 5.82 Å². The van der Waals surface area contributed by atoms with Gasteiger partial charge in [-0.2, -0.15) is 0 Å². The molecule has 0 saturated carbocycles. The first-order valence-electron chi connectivity index (χ1n) is 8.98. The van der Waals surface area contributed by atoms with E-state index in [1.807, 2.05) is 48.5 Å². The number of aromatic amines is 1. The van der Waals surface area contributed by atoms with Crippen LogP contribution >= 0.6 is 0 Å². The summed E-state index contributed by atoms with van der Waals surface area (Å²) in [6.07, 6.45) is 2.53. The van der Waals surface area contributed by atoms with Crippen molar-refractivity contribution >= 4 is 16.0 Å². The number of nitrogens with zero attached hydrogens (tertiary/aromatic N) is 4. The van der Waals surface area contributed by atoms with Gasteiger partial charge in [0.05, 0.1) is 24.2 Å². The van der Waals surface area contributed by atoms with Crippen LogP contribution in [-0.2, 0) is 16.6 Å². The van der Waals surface area contributed by atoms with Crippen molar-refractivity contribution in [3.63, 3.8) is 0 Å². The van der Waals surface area contributed by atoms with Crippen LogP contribution in [0.1, 0.15) is 12.2 Å². The highest BCUT2D eigenvalue weighted by Gasteiger charge is 2.27. The normalized spacial score (nSPS) is 17.2. The van der Waals surface area contributed by atoms with Gasteiger partial charge >= 0.3 is 0 Å². The molecule has 1 aliphatic rings. The first-order chi connectivity index (χ1) is 13.0. The van der Waals surface area contributed by atoms with Crippen molar-refractivity contribution < 1.29 is 8.42 Å². The maximum absolute atomic E-state index is 11.8. The molecule has 2 aromatic rings. The largest absolute Gasteiger partial charge is 0.355 e. The Hall–Kier alpha value is -2.39. The van der Waals surface area contributed by atoms with Crippen molar-refractivity contribution in [2.45, 2.75) is 13.0 Å². The molecule has 1 aromatic heterocycles. The minimum absolute atomic E-state index is 0.254. The molecule has 9 heteroatoms. The standard InChI is InChI=1S/C18H26N6O2S/c1-19-18(20-9-11-24-10-6-12-27(24,25)26)23(2)14-17-21-13-16(22-17)15-7-4-3-5-8-15/h3-5,7-8,13H,6,9-12,14H2,1-2H3,(H,19,20)(H,21,22). The van der Waals surface area contributed by atoms with Gasteiger partial charge in [0.2, 0.25) is 10.0 Å². The number of rotatable bonds is 6. The number of aliphatic imine (C=N–C) groups is 1. The molecule has 0 spiro atoms. The molecule has 0 unspecified atom stereocenters. The summed E-state index contributed by atoms with van der Waals surface area (Å²) in [7, 11) is 0.575. The van der Waals surface area contributed by atoms with Gasteiger partial charge in [-0.1, -0.05) is 30.3 Å². The van der Waals surface area contributed by atoms with Crippen LogP contribution in [0.15, 0.2) is 41.5 Å². The Kier molecular flexibility index (Phi) is 6.12. The van der Waals surface area contributed by atoms with Crippen LogP contribution in [0.3, 0.4) is 0 Å². The first-order valence-corrected chi connectivity index (χ1v) is 10.6. The van der Waals surface area contributed by atoms with E-state index in [4.69, 9.17) is 0 Å². The Morgan fingerprint density at radius 2 is 2.15 bits per heavy atom. The second kappa shape index (κ2) is 8.53. The summed E-state index contributed by atoms with van der Waals surface area (Å²) in [6.45, 7) is 2.14. The zero-order chi connectivity index (χ0) is 19.3. The summed E-state index contributed by atoms with van der Waals surface area (Å²) < 4.78 is 25.2.